The number of pyridine rings is 1. The lowest BCUT2D eigenvalue weighted by Gasteiger charge is -2.40. The summed E-state index contributed by atoms with van der Waals surface area (Å²) in [4.78, 5) is 22.0. The van der Waals surface area contributed by atoms with Gasteiger partial charge in [-0.3, -0.25) is 4.79 Å². The van der Waals surface area contributed by atoms with Gasteiger partial charge < -0.3 is 14.5 Å². The topological polar surface area (TPSA) is 45.7 Å². The summed E-state index contributed by atoms with van der Waals surface area (Å²) in [6, 6.07) is 2.06. The molecule has 0 aliphatic carbocycles. The molecule has 0 N–H and O–H groups in total. The molecule has 3 aliphatic heterocycles. The number of likely N-dealkylation sites (tertiary alicyclic amines) is 1. The van der Waals surface area contributed by atoms with Crippen molar-refractivity contribution < 1.29 is 9.53 Å². The molecule has 4 rings (SSSR count). The predicted octanol–water partition coefficient (Wildman–Crippen LogP) is 3.39. The van der Waals surface area contributed by atoms with E-state index in [4.69, 9.17) is 27.9 Å². The smallest absolute Gasteiger partial charge is 0.230 e. The number of hydrogen-bond acceptors (Lipinski definition) is 4. The van der Waals surface area contributed by atoms with Crippen LogP contribution in [0.3, 0.4) is 0 Å². The lowest BCUT2D eigenvalue weighted by molar-refractivity contribution is -0.139. The fourth-order valence-corrected chi connectivity index (χ4v) is 5.02. The van der Waals surface area contributed by atoms with Crippen molar-refractivity contribution in [2.75, 3.05) is 37.7 Å². The fraction of sp³-hybridized carbons (Fsp3) is 0.667. The van der Waals surface area contributed by atoms with Crippen LogP contribution in [0.1, 0.15) is 32.1 Å². The highest BCUT2D eigenvalue weighted by atomic mass is 35.5. The molecule has 0 aromatic carbocycles. The lowest BCUT2D eigenvalue weighted by Crippen LogP contribution is -2.50. The number of rotatable bonds is 2. The number of halogens is 2. The number of aromatic nitrogens is 1. The first-order chi connectivity index (χ1) is 12.1. The van der Waals surface area contributed by atoms with Gasteiger partial charge in [0.25, 0.3) is 0 Å². The van der Waals surface area contributed by atoms with E-state index >= 15 is 0 Å². The first-order valence-electron chi connectivity index (χ1n) is 9.04. The third-order valence-corrected chi connectivity index (χ3v) is 6.33. The molecule has 0 radical (unpaired) electrons. The second-order valence-corrected chi connectivity index (χ2v) is 8.20. The molecule has 136 valence electrons. The summed E-state index contributed by atoms with van der Waals surface area (Å²) in [6.45, 7) is 3.95. The van der Waals surface area contributed by atoms with Crippen molar-refractivity contribution >= 4 is 34.9 Å². The molecule has 1 aromatic heterocycles. The number of ether oxygens (including phenoxy) is 1. The van der Waals surface area contributed by atoms with Crippen molar-refractivity contribution in [3.05, 3.63) is 22.3 Å². The van der Waals surface area contributed by atoms with Crippen LogP contribution in [-0.2, 0) is 9.53 Å². The number of nitrogens with zero attached hydrogens (tertiary/aromatic N) is 3. The molecule has 0 saturated carbocycles. The first kappa shape index (κ1) is 17.4. The molecule has 4 heterocycles. The molecule has 5 nitrogen and oxygen atoms in total. The van der Waals surface area contributed by atoms with Gasteiger partial charge in [0.05, 0.1) is 15.5 Å². The van der Waals surface area contributed by atoms with E-state index < -0.39 is 0 Å². The highest BCUT2D eigenvalue weighted by Gasteiger charge is 2.50. The zero-order valence-electron chi connectivity index (χ0n) is 14.2. The number of carbonyl (C=O) groups is 1. The van der Waals surface area contributed by atoms with Gasteiger partial charge in [-0.2, -0.15) is 0 Å². The Labute approximate surface area is 158 Å². The minimum atomic E-state index is -0.290. The number of piperidine rings is 1. The molecule has 1 aromatic rings. The zero-order chi connectivity index (χ0) is 17.4. The molecular weight excluding hydrogens is 361 g/mol. The Kier molecular flexibility index (Phi) is 4.82. The molecule has 7 heteroatoms. The van der Waals surface area contributed by atoms with E-state index in [1.165, 1.54) is 0 Å². The summed E-state index contributed by atoms with van der Waals surface area (Å²) < 4.78 is 5.45. The summed E-state index contributed by atoms with van der Waals surface area (Å²) in [5, 5.41) is 1.08. The molecule has 3 aliphatic rings. The van der Waals surface area contributed by atoms with Crippen LogP contribution in [0.25, 0.3) is 0 Å². The summed E-state index contributed by atoms with van der Waals surface area (Å²) in [7, 11) is 0. The molecule has 1 atom stereocenters. The van der Waals surface area contributed by atoms with Gasteiger partial charge in [0.15, 0.2) is 0 Å². The van der Waals surface area contributed by atoms with Gasteiger partial charge >= 0.3 is 0 Å². The standard InChI is InChI=1S/C18H23Cl2N3O2/c19-13-10-15(20)16(21-11-13)22-6-1-4-18(12-22)5-7-23(17(18)24)14-2-8-25-9-3-14/h10-11,14H,1-9,12H2/t18-/m1/s1. The SMILES string of the molecule is O=C1N(C2CCOCC2)CC[C@@]12CCCN(c1ncc(Cl)cc1Cl)C2. The third kappa shape index (κ3) is 3.22. The monoisotopic (exact) mass is 383 g/mol. The molecular formula is C18H23Cl2N3O2. The van der Waals surface area contributed by atoms with Crippen LogP contribution in [0.5, 0.6) is 0 Å². The molecule has 25 heavy (non-hydrogen) atoms. The van der Waals surface area contributed by atoms with Crippen molar-refractivity contribution in [3.8, 4) is 0 Å². The minimum Gasteiger partial charge on any atom is -0.381 e. The van der Waals surface area contributed by atoms with E-state index in [0.717, 1.165) is 64.2 Å². The van der Waals surface area contributed by atoms with E-state index in [9.17, 15) is 4.79 Å². The zero-order valence-corrected chi connectivity index (χ0v) is 15.7. The van der Waals surface area contributed by atoms with E-state index in [0.29, 0.717) is 28.5 Å². The lowest BCUT2D eigenvalue weighted by atomic mass is 9.78. The first-order valence-corrected chi connectivity index (χ1v) is 9.79. The van der Waals surface area contributed by atoms with Gasteiger partial charge in [-0.25, -0.2) is 4.98 Å². The summed E-state index contributed by atoms with van der Waals surface area (Å²) in [5.74, 6) is 1.05. The Balaban J connectivity index is 1.53. The fourth-order valence-electron chi connectivity index (χ4n) is 4.52. The minimum absolute atomic E-state index is 0.290. The van der Waals surface area contributed by atoms with Gasteiger partial charge in [0.1, 0.15) is 5.82 Å². The van der Waals surface area contributed by atoms with Crippen LogP contribution in [0.4, 0.5) is 5.82 Å². The van der Waals surface area contributed by atoms with Crippen LogP contribution in [0, 0.1) is 5.41 Å². The molecule has 3 saturated heterocycles. The summed E-state index contributed by atoms with van der Waals surface area (Å²) >= 11 is 12.3. The van der Waals surface area contributed by atoms with Crippen molar-refractivity contribution in [2.24, 2.45) is 5.41 Å². The van der Waals surface area contributed by atoms with Crippen LogP contribution >= 0.6 is 23.2 Å². The number of amides is 1. The maximum atomic E-state index is 13.3. The van der Waals surface area contributed by atoms with Gasteiger partial charge in [-0.15, -0.1) is 0 Å². The van der Waals surface area contributed by atoms with Crippen LogP contribution in [0.2, 0.25) is 10.0 Å². The van der Waals surface area contributed by atoms with E-state index in [-0.39, 0.29) is 5.41 Å². The second-order valence-electron chi connectivity index (χ2n) is 7.36. The average Bonchev–Trinajstić information content (AvgIpc) is 2.92. The van der Waals surface area contributed by atoms with Crippen molar-refractivity contribution in [1.29, 1.82) is 0 Å². The van der Waals surface area contributed by atoms with E-state index in [1.54, 1.807) is 12.3 Å². The van der Waals surface area contributed by atoms with E-state index in [2.05, 4.69) is 14.8 Å². The normalized spacial score (nSPS) is 28.2. The Hall–Kier alpha value is -1.04. The maximum absolute atomic E-state index is 13.3. The molecule has 0 unspecified atom stereocenters. The molecule has 0 bridgehead atoms. The largest absolute Gasteiger partial charge is 0.381 e. The Bertz CT molecular complexity index is 666. The van der Waals surface area contributed by atoms with Crippen molar-refractivity contribution in [1.82, 2.24) is 9.88 Å². The van der Waals surface area contributed by atoms with Gasteiger partial charge in [0.2, 0.25) is 5.91 Å². The van der Waals surface area contributed by atoms with Gasteiger partial charge in [-0.05, 0) is 38.2 Å². The Morgan fingerprint density at radius 2 is 2.00 bits per heavy atom. The van der Waals surface area contributed by atoms with Crippen molar-refractivity contribution in [3.63, 3.8) is 0 Å². The highest BCUT2D eigenvalue weighted by molar-refractivity contribution is 6.36. The van der Waals surface area contributed by atoms with E-state index in [1.807, 2.05) is 0 Å². The average molecular weight is 384 g/mol. The number of anilines is 1. The molecule has 1 spiro atoms. The van der Waals surface area contributed by atoms with Crippen molar-refractivity contribution in [2.45, 2.75) is 38.1 Å². The predicted molar refractivity (Wildman–Crippen MR) is 98.3 cm³/mol. The van der Waals surface area contributed by atoms with Crippen LogP contribution in [0.15, 0.2) is 12.3 Å². The molecule has 3 fully saturated rings. The number of carbonyl (C=O) groups excluding carboxylic acids is 1. The summed E-state index contributed by atoms with van der Waals surface area (Å²) in [5.41, 5.74) is -0.290. The maximum Gasteiger partial charge on any atom is 0.230 e. The quantitative estimate of drug-likeness (QED) is 0.784. The summed E-state index contributed by atoms with van der Waals surface area (Å²) in [6.07, 6.45) is 6.38. The van der Waals surface area contributed by atoms with Crippen LogP contribution in [-0.4, -0.2) is 54.7 Å². The van der Waals surface area contributed by atoms with Crippen LogP contribution < -0.4 is 4.90 Å². The third-order valence-electron chi connectivity index (χ3n) is 5.84. The Morgan fingerprint density at radius 3 is 2.76 bits per heavy atom. The highest BCUT2D eigenvalue weighted by Crippen LogP contribution is 2.43. The van der Waals surface area contributed by atoms with Gasteiger partial charge in [0, 0.05) is 45.1 Å². The van der Waals surface area contributed by atoms with Gasteiger partial charge in [-0.1, -0.05) is 23.2 Å². The Morgan fingerprint density at radius 1 is 1.20 bits per heavy atom. The number of hydrogen-bond donors (Lipinski definition) is 0. The second kappa shape index (κ2) is 6.93. The molecule has 1 amide bonds.